The zero-order valence-electron chi connectivity index (χ0n) is 19.5. The van der Waals surface area contributed by atoms with Gasteiger partial charge in [-0.15, -0.1) is 10.2 Å². The smallest absolute Gasteiger partial charge is 0.329 e. The monoisotopic (exact) mass is 492 g/mol. The minimum atomic E-state index is -0.728. The number of aryl methyl sites for hydroxylation is 1. The number of ether oxygens (including phenoxy) is 2. The fourth-order valence-electron chi connectivity index (χ4n) is 3.33. The highest BCUT2D eigenvalue weighted by Gasteiger charge is 2.40. The lowest BCUT2D eigenvalue weighted by Crippen LogP contribution is -2.37. The van der Waals surface area contributed by atoms with Gasteiger partial charge in [0, 0.05) is 12.8 Å². The zero-order chi connectivity index (χ0) is 23.6. The quantitative estimate of drug-likeness (QED) is 0.169. The van der Waals surface area contributed by atoms with E-state index >= 15 is 0 Å². The maximum atomic E-state index is 12.7. The van der Waals surface area contributed by atoms with Crippen LogP contribution < -0.4 is 9.64 Å². The number of hydrogen-bond acceptors (Lipinski definition) is 8. The van der Waals surface area contributed by atoms with Gasteiger partial charge < -0.3 is 14.4 Å². The van der Waals surface area contributed by atoms with E-state index in [4.69, 9.17) is 9.47 Å². The minimum absolute atomic E-state index is 0.0958. The second-order valence-corrected chi connectivity index (χ2v) is 10.1. The molecule has 2 amide bonds. The third kappa shape index (κ3) is 7.07. The number of hydrogen-bond donors (Lipinski definition) is 0. The Hall–Kier alpha value is -2.33. The van der Waals surface area contributed by atoms with E-state index in [1.54, 1.807) is 18.8 Å². The lowest BCUT2D eigenvalue weighted by atomic mass is 10.1. The molecular formula is C23H32N4O4S2. The van der Waals surface area contributed by atoms with Gasteiger partial charge in [0.25, 0.3) is 0 Å². The molecule has 1 aliphatic heterocycles. The van der Waals surface area contributed by atoms with Crippen LogP contribution >= 0.6 is 23.1 Å². The van der Waals surface area contributed by atoms with Gasteiger partial charge in [0.1, 0.15) is 5.75 Å². The average molecular weight is 493 g/mol. The van der Waals surface area contributed by atoms with E-state index in [2.05, 4.69) is 30.1 Å². The van der Waals surface area contributed by atoms with Crippen LogP contribution in [0.25, 0.3) is 0 Å². The molecule has 0 spiro atoms. The van der Waals surface area contributed by atoms with Crippen LogP contribution in [-0.2, 0) is 16.0 Å². The van der Waals surface area contributed by atoms with E-state index in [-0.39, 0.29) is 25.6 Å². The van der Waals surface area contributed by atoms with Gasteiger partial charge in [0.15, 0.2) is 4.34 Å². The molecular weight excluding hydrogens is 460 g/mol. The summed E-state index contributed by atoms with van der Waals surface area (Å²) in [6, 6.07) is 7.65. The number of aromatic nitrogens is 2. The van der Waals surface area contributed by atoms with Gasteiger partial charge in [-0.05, 0) is 30.9 Å². The highest BCUT2D eigenvalue weighted by molar-refractivity contribution is 8.01. The highest BCUT2D eigenvalue weighted by Crippen LogP contribution is 2.32. The van der Waals surface area contributed by atoms with Crippen molar-refractivity contribution in [1.29, 1.82) is 0 Å². The van der Waals surface area contributed by atoms with Crippen molar-refractivity contribution >= 4 is 40.2 Å². The molecule has 180 valence electrons. The molecule has 0 N–H and O–H groups in total. The number of amides is 2. The van der Waals surface area contributed by atoms with Crippen molar-refractivity contribution in [3.8, 4) is 5.75 Å². The van der Waals surface area contributed by atoms with E-state index in [0.717, 1.165) is 53.5 Å². The third-order valence-corrected chi connectivity index (χ3v) is 7.32. The first-order valence-electron chi connectivity index (χ1n) is 11.4. The van der Waals surface area contributed by atoms with Crippen molar-refractivity contribution < 1.29 is 19.1 Å². The van der Waals surface area contributed by atoms with Crippen molar-refractivity contribution in [1.82, 2.24) is 15.1 Å². The van der Waals surface area contributed by atoms with Gasteiger partial charge in [0.2, 0.25) is 11.4 Å². The van der Waals surface area contributed by atoms with Crippen molar-refractivity contribution in [2.45, 2.75) is 62.9 Å². The molecule has 0 saturated carbocycles. The topological polar surface area (TPSA) is 84.9 Å². The number of carbonyl (C=O) groups is 2. The summed E-state index contributed by atoms with van der Waals surface area (Å²) in [5, 5.41) is 8.79. The van der Waals surface area contributed by atoms with Crippen LogP contribution in [0.4, 0.5) is 9.93 Å². The van der Waals surface area contributed by atoms with Crippen LogP contribution in [0, 0.1) is 0 Å². The number of carbonyl (C=O) groups excluding carboxylic acids is 2. The standard InChI is InChI=1S/C23H32N4O4S2/c1-4-6-10-17-11-8-9-12-18(17)30-14-13-20(28)31-19-16-26(3)23(29)27(19)21-24-25-22(33-21)32-15-7-5-2/h8-9,11-12,19H,4-7,10,13-16H2,1-3H3. The Balaban J connectivity index is 1.54. The van der Waals surface area contributed by atoms with E-state index < -0.39 is 12.2 Å². The Kier molecular flexibility index (Phi) is 9.80. The molecule has 2 aromatic rings. The summed E-state index contributed by atoms with van der Waals surface area (Å²) >= 11 is 2.97. The lowest BCUT2D eigenvalue weighted by Gasteiger charge is -2.20. The predicted octanol–water partition coefficient (Wildman–Crippen LogP) is 4.98. The predicted molar refractivity (Wildman–Crippen MR) is 131 cm³/mol. The van der Waals surface area contributed by atoms with Crippen LogP contribution in [0.15, 0.2) is 28.6 Å². The van der Waals surface area contributed by atoms with Crippen LogP contribution in [0.3, 0.4) is 0 Å². The molecule has 1 aliphatic rings. The van der Waals surface area contributed by atoms with Gasteiger partial charge in [-0.3, -0.25) is 4.79 Å². The normalized spacial score (nSPS) is 15.8. The molecule has 1 unspecified atom stereocenters. The number of unbranched alkanes of at least 4 members (excludes halogenated alkanes) is 2. The highest BCUT2D eigenvalue weighted by atomic mass is 32.2. The second-order valence-electron chi connectivity index (χ2n) is 7.84. The van der Waals surface area contributed by atoms with E-state index in [0.29, 0.717) is 5.13 Å². The summed E-state index contributed by atoms with van der Waals surface area (Å²) in [6.45, 7) is 4.79. The number of benzene rings is 1. The average Bonchev–Trinajstić information content (AvgIpc) is 3.37. The number of urea groups is 1. The van der Waals surface area contributed by atoms with Gasteiger partial charge in [-0.1, -0.05) is 68.0 Å². The van der Waals surface area contributed by atoms with Crippen LogP contribution in [0.1, 0.15) is 51.5 Å². The molecule has 1 saturated heterocycles. The first-order valence-corrected chi connectivity index (χ1v) is 13.2. The zero-order valence-corrected chi connectivity index (χ0v) is 21.1. The number of anilines is 1. The second kappa shape index (κ2) is 12.8. The summed E-state index contributed by atoms with van der Waals surface area (Å²) in [5.41, 5.74) is 1.14. The Labute approximate surface area is 203 Å². The minimum Gasteiger partial charge on any atom is -0.493 e. The molecule has 1 fully saturated rings. The van der Waals surface area contributed by atoms with Crippen molar-refractivity contribution in [3.05, 3.63) is 29.8 Å². The molecule has 0 bridgehead atoms. The Morgan fingerprint density at radius 3 is 2.79 bits per heavy atom. The molecule has 0 radical (unpaired) electrons. The van der Waals surface area contributed by atoms with Crippen LogP contribution in [0.2, 0.25) is 0 Å². The SMILES string of the molecule is CCCCSc1nnc(N2C(=O)N(C)CC2OC(=O)CCOc2ccccc2CCCC)s1. The molecule has 1 atom stereocenters. The number of nitrogens with zero attached hydrogens (tertiary/aromatic N) is 4. The van der Waals surface area contributed by atoms with Crippen LogP contribution in [-0.4, -0.2) is 59.3 Å². The van der Waals surface area contributed by atoms with Gasteiger partial charge in [0.05, 0.1) is 19.6 Å². The fourth-order valence-corrected chi connectivity index (χ4v) is 5.36. The first-order chi connectivity index (χ1) is 16.0. The number of likely N-dealkylation sites (N-methyl/N-ethyl adjacent to an activating group) is 1. The summed E-state index contributed by atoms with van der Waals surface area (Å²) < 4.78 is 12.3. The molecule has 1 aromatic heterocycles. The van der Waals surface area contributed by atoms with Crippen molar-refractivity contribution in [3.63, 3.8) is 0 Å². The molecule has 10 heteroatoms. The number of thioether (sulfide) groups is 1. The summed E-state index contributed by atoms with van der Waals surface area (Å²) in [6.07, 6.45) is 4.72. The van der Waals surface area contributed by atoms with Crippen molar-refractivity contribution in [2.24, 2.45) is 0 Å². The maximum Gasteiger partial charge on any atom is 0.329 e. The lowest BCUT2D eigenvalue weighted by molar-refractivity contribution is -0.148. The van der Waals surface area contributed by atoms with Crippen LogP contribution in [0.5, 0.6) is 5.75 Å². The summed E-state index contributed by atoms with van der Waals surface area (Å²) in [7, 11) is 1.68. The summed E-state index contributed by atoms with van der Waals surface area (Å²) in [5.74, 6) is 1.35. The number of para-hydroxylation sites is 1. The Morgan fingerprint density at radius 1 is 1.21 bits per heavy atom. The Morgan fingerprint density at radius 2 is 2.00 bits per heavy atom. The number of rotatable bonds is 13. The number of esters is 1. The largest absolute Gasteiger partial charge is 0.493 e. The Bertz CT molecular complexity index is 923. The molecule has 8 nitrogen and oxygen atoms in total. The molecule has 0 aliphatic carbocycles. The third-order valence-electron chi connectivity index (χ3n) is 5.18. The van der Waals surface area contributed by atoms with Gasteiger partial charge in [-0.2, -0.15) is 0 Å². The van der Waals surface area contributed by atoms with E-state index in [1.807, 2.05) is 18.2 Å². The first kappa shape index (κ1) is 25.3. The van der Waals surface area contributed by atoms with Gasteiger partial charge >= 0.3 is 12.0 Å². The van der Waals surface area contributed by atoms with E-state index in [9.17, 15) is 9.59 Å². The maximum absolute atomic E-state index is 12.7. The molecule has 33 heavy (non-hydrogen) atoms. The molecule has 3 rings (SSSR count). The van der Waals surface area contributed by atoms with Crippen molar-refractivity contribution in [2.75, 3.05) is 30.9 Å². The summed E-state index contributed by atoms with van der Waals surface area (Å²) in [4.78, 5) is 28.1. The molecule has 1 aromatic carbocycles. The van der Waals surface area contributed by atoms with Gasteiger partial charge in [-0.25, -0.2) is 9.69 Å². The van der Waals surface area contributed by atoms with E-state index in [1.165, 1.54) is 21.1 Å². The fraction of sp³-hybridized carbons (Fsp3) is 0.565. The molecule has 2 heterocycles.